The van der Waals surface area contributed by atoms with Crippen LogP contribution in [0.25, 0.3) is 33.4 Å². The van der Waals surface area contributed by atoms with Crippen LogP contribution in [0.3, 0.4) is 0 Å². The van der Waals surface area contributed by atoms with E-state index >= 15 is 0 Å². The highest BCUT2D eigenvalue weighted by molar-refractivity contribution is 7.92. The Morgan fingerprint density at radius 3 is 2.20 bits per heavy atom. The molecule has 1 amide bonds. The van der Waals surface area contributed by atoms with Crippen molar-refractivity contribution in [3.05, 3.63) is 114 Å². The number of benzene rings is 4. The average molecular weight is 559 g/mol. The molecule has 0 radical (unpaired) electrons. The van der Waals surface area contributed by atoms with E-state index in [1.54, 1.807) is 12.1 Å². The van der Waals surface area contributed by atoms with Gasteiger partial charge in [0.15, 0.2) is 0 Å². The number of amides is 1. The number of nitrogens with one attached hydrogen (secondary N) is 1. The van der Waals surface area contributed by atoms with Crippen molar-refractivity contribution in [3.63, 3.8) is 0 Å². The lowest BCUT2D eigenvalue weighted by atomic mass is 9.98. The van der Waals surface area contributed by atoms with Crippen LogP contribution in [0.4, 0.5) is 10.1 Å². The van der Waals surface area contributed by atoms with Gasteiger partial charge >= 0.3 is 0 Å². The van der Waals surface area contributed by atoms with Gasteiger partial charge in [-0.25, -0.2) is 18.3 Å². The first-order valence-corrected chi connectivity index (χ1v) is 14.4. The van der Waals surface area contributed by atoms with Crippen molar-refractivity contribution in [2.45, 2.75) is 6.42 Å². The summed E-state index contributed by atoms with van der Waals surface area (Å²) in [5.74, 6) is -0.786. The predicted octanol–water partition coefficient (Wildman–Crippen LogP) is 6.21. The summed E-state index contributed by atoms with van der Waals surface area (Å²) in [5.41, 5.74) is 6.06. The first-order valence-electron chi connectivity index (χ1n) is 12.5. The molecule has 1 heterocycles. The second-order valence-corrected chi connectivity index (χ2v) is 11.2. The van der Waals surface area contributed by atoms with Crippen LogP contribution in [-0.4, -0.2) is 34.2 Å². The summed E-state index contributed by atoms with van der Waals surface area (Å²) in [6, 6.07) is 27.9. The Kier molecular flexibility index (Phi) is 7.68. The Hall–Kier alpha value is -4.47. The number of sulfonamides is 1. The summed E-state index contributed by atoms with van der Waals surface area (Å²) in [6.07, 6.45) is 1.65. The van der Waals surface area contributed by atoms with E-state index in [9.17, 15) is 17.6 Å². The highest BCUT2D eigenvalue weighted by Gasteiger charge is 2.27. The molecule has 7 nitrogen and oxygen atoms in total. The molecule has 0 saturated heterocycles. The van der Waals surface area contributed by atoms with E-state index < -0.39 is 21.7 Å². The number of fused-ring (bicyclic) bond motifs is 1. The van der Waals surface area contributed by atoms with Gasteiger partial charge in [0.05, 0.1) is 24.6 Å². The van der Waals surface area contributed by atoms with Gasteiger partial charge in [0.25, 0.3) is 5.91 Å². The van der Waals surface area contributed by atoms with Gasteiger partial charge in [-0.2, -0.15) is 0 Å². The van der Waals surface area contributed by atoms with E-state index in [1.807, 2.05) is 60.7 Å². The first kappa shape index (κ1) is 27.1. The summed E-state index contributed by atoms with van der Waals surface area (Å²) in [4.78, 5) is 18.1. The molecule has 1 aromatic heterocycles. The molecule has 9 heteroatoms. The van der Waals surface area contributed by atoms with E-state index in [0.29, 0.717) is 34.2 Å². The molecule has 0 fully saturated rings. The first-order chi connectivity index (χ1) is 19.3. The molecule has 5 aromatic rings. The zero-order valence-electron chi connectivity index (χ0n) is 21.9. The number of rotatable bonds is 9. The molecule has 0 aliphatic heterocycles. The fourth-order valence-corrected chi connectivity index (χ4v) is 5.63. The number of nitrogens with zero attached hydrogens (tertiary/aromatic N) is 1. The minimum atomic E-state index is -3.72. The molecule has 0 aliphatic carbocycles. The standard InChI is InChI=1S/C31H27FN2O5S/c1-38-33-31(35)29-26-19-25(22-11-7-4-8-12-22)27(20-28(26)39-30(29)23-13-15-24(32)16-14-23)34(40(2,36)37)18-17-21-9-5-3-6-10-21/h3-16,19-20H,17-18H2,1-2H3,(H,33,35). The largest absolute Gasteiger partial charge is 0.455 e. The van der Waals surface area contributed by atoms with Gasteiger partial charge < -0.3 is 4.42 Å². The van der Waals surface area contributed by atoms with Gasteiger partial charge in [-0.15, -0.1) is 0 Å². The minimum absolute atomic E-state index is 0.183. The van der Waals surface area contributed by atoms with Crippen molar-refractivity contribution in [1.29, 1.82) is 0 Å². The molecular weight excluding hydrogens is 531 g/mol. The Balaban J connectivity index is 1.75. The number of hydrogen-bond acceptors (Lipinski definition) is 5. The number of halogens is 1. The van der Waals surface area contributed by atoms with Gasteiger partial charge in [0, 0.05) is 29.1 Å². The monoisotopic (exact) mass is 558 g/mol. The summed E-state index contributed by atoms with van der Waals surface area (Å²) in [6.45, 7) is 0.191. The number of hydrogen-bond donors (Lipinski definition) is 1. The summed E-state index contributed by atoms with van der Waals surface area (Å²) in [5, 5.41) is 0.452. The SMILES string of the molecule is CONC(=O)c1c(-c2ccc(F)cc2)oc2cc(N(CCc3ccccc3)S(C)(=O)=O)c(-c3ccccc3)cc12. The van der Waals surface area contributed by atoms with Crippen molar-refractivity contribution in [3.8, 4) is 22.5 Å². The lowest BCUT2D eigenvalue weighted by Crippen LogP contribution is -2.32. The van der Waals surface area contributed by atoms with Crippen molar-refractivity contribution >= 4 is 32.6 Å². The van der Waals surface area contributed by atoms with Gasteiger partial charge in [0.1, 0.15) is 17.2 Å². The quantitative estimate of drug-likeness (QED) is 0.218. The molecular formula is C31H27FN2O5S. The second kappa shape index (κ2) is 11.3. The number of furan rings is 1. The van der Waals surface area contributed by atoms with Gasteiger partial charge in [0.2, 0.25) is 10.0 Å². The van der Waals surface area contributed by atoms with Crippen LogP contribution in [-0.2, 0) is 21.3 Å². The summed E-state index contributed by atoms with van der Waals surface area (Å²) >= 11 is 0. The zero-order valence-corrected chi connectivity index (χ0v) is 22.7. The van der Waals surface area contributed by atoms with E-state index in [4.69, 9.17) is 9.25 Å². The van der Waals surface area contributed by atoms with E-state index in [2.05, 4.69) is 5.48 Å². The van der Waals surface area contributed by atoms with E-state index in [1.165, 1.54) is 41.9 Å². The number of hydroxylamine groups is 1. The molecule has 204 valence electrons. The van der Waals surface area contributed by atoms with Crippen LogP contribution in [0, 0.1) is 5.82 Å². The molecule has 0 bridgehead atoms. The zero-order chi connectivity index (χ0) is 28.3. The van der Waals surface area contributed by atoms with Gasteiger partial charge in [-0.3, -0.25) is 13.9 Å². The van der Waals surface area contributed by atoms with Crippen molar-refractivity contribution in [2.75, 3.05) is 24.2 Å². The Morgan fingerprint density at radius 2 is 1.57 bits per heavy atom. The van der Waals surface area contributed by atoms with Crippen LogP contribution < -0.4 is 9.79 Å². The highest BCUT2D eigenvalue weighted by atomic mass is 32.2. The molecule has 0 saturated carbocycles. The fraction of sp³-hybridized carbons (Fsp3) is 0.129. The second-order valence-electron chi connectivity index (χ2n) is 9.25. The lowest BCUT2D eigenvalue weighted by Gasteiger charge is -2.25. The Bertz CT molecular complexity index is 1750. The van der Waals surface area contributed by atoms with Crippen LogP contribution >= 0.6 is 0 Å². The van der Waals surface area contributed by atoms with Crippen molar-refractivity contribution in [2.24, 2.45) is 0 Å². The molecule has 5 rings (SSSR count). The van der Waals surface area contributed by atoms with Crippen LogP contribution in [0.1, 0.15) is 15.9 Å². The lowest BCUT2D eigenvalue weighted by molar-refractivity contribution is 0.0539. The van der Waals surface area contributed by atoms with Gasteiger partial charge in [-0.1, -0.05) is 60.7 Å². The third kappa shape index (κ3) is 5.61. The number of carbonyl (C=O) groups is 1. The maximum absolute atomic E-state index is 13.7. The molecule has 0 aliphatic rings. The predicted molar refractivity (Wildman–Crippen MR) is 154 cm³/mol. The molecule has 0 unspecified atom stereocenters. The van der Waals surface area contributed by atoms with Crippen molar-refractivity contribution in [1.82, 2.24) is 5.48 Å². The number of carbonyl (C=O) groups excluding carboxylic acids is 1. The molecule has 0 atom stereocenters. The average Bonchev–Trinajstić information content (AvgIpc) is 3.32. The maximum Gasteiger partial charge on any atom is 0.279 e. The van der Waals surface area contributed by atoms with E-state index in [0.717, 1.165) is 11.1 Å². The topological polar surface area (TPSA) is 88.8 Å². The molecule has 4 aromatic carbocycles. The molecule has 40 heavy (non-hydrogen) atoms. The smallest absolute Gasteiger partial charge is 0.279 e. The molecule has 1 N–H and O–H groups in total. The highest BCUT2D eigenvalue weighted by Crippen LogP contribution is 2.41. The van der Waals surface area contributed by atoms with Gasteiger partial charge in [-0.05, 0) is 47.9 Å². The van der Waals surface area contributed by atoms with Crippen LogP contribution in [0.2, 0.25) is 0 Å². The third-order valence-corrected chi connectivity index (χ3v) is 7.71. The Morgan fingerprint density at radius 1 is 0.925 bits per heavy atom. The fourth-order valence-electron chi connectivity index (χ4n) is 4.70. The number of anilines is 1. The molecule has 0 spiro atoms. The van der Waals surface area contributed by atoms with E-state index in [-0.39, 0.29) is 17.9 Å². The third-order valence-electron chi connectivity index (χ3n) is 6.53. The van der Waals surface area contributed by atoms with Crippen molar-refractivity contribution < 1.29 is 26.9 Å². The minimum Gasteiger partial charge on any atom is -0.455 e. The maximum atomic E-state index is 13.7. The summed E-state index contributed by atoms with van der Waals surface area (Å²) < 4.78 is 47.6. The van der Waals surface area contributed by atoms with Crippen LogP contribution in [0.15, 0.2) is 101 Å². The summed E-state index contributed by atoms with van der Waals surface area (Å²) in [7, 11) is -2.40. The van der Waals surface area contributed by atoms with Crippen LogP contribution in [0.5, 0.6) is 0 Å². The normalized spacial score (nSPS) is 11.5. The Labute approximate surface area is 231 Å².